The van der Waals surface area contributed by atoms with Crippen LogP contribution >= 0.6 is 0 Å². The number of carboxylic acids is 1. The van der Waals surface area contributed by atoms with Gasteiger partial charge in [-0.3, -0.25) is 43.6 Å². The fourth-order valence-corrected chi connectivity index (χ4v) is 18.9. The fourth-order valence-electron chi connectivity index (χ4n) is 17.2. The summed E-state index contributed by atoms with van der Waals surface area (Å²) in [4.78, 5) is 87.6. The van der Waals surface area contributed by atoms with Crippen molar-refractivity contribution in [2.45, 2.75) is 56.8 Å². The lowest BCUT2D eigenvalue weighted by molar-refractivity contribution is -0.134. The van der Waals surface area contributed by atoms with E-state index in [4.69, 9.17) is 87.5 Å². The zero-order valence-corrected chi connectivity index (χ0v) is 88.0. The number of aliphatic carboxylic acids is 1. The summed E-state index contributed by atoms with van der Waals surface area (Å²) < 4.78 is 157. The number of hydrogen-bond acceptors (Lipinski definition) is 33. The van der Waals surface area contributed by atoms with Crippen LogP contribution < -0.4 is 77.6 Å². The number of guanidine groups is 4. The molecule has 0 saturated heterocycles. The monoisotopic (exact) mass is 2100 g/mol. The molecule has 776 valence electrons. The van der Waals surface area contributed by atoms with Crippen molar-refractivity contribution in [1.82, 2.24) is 19.6 Å². The van der Waals surface area contributed by atoms with Crippen molar-refractivity contribution >= 4 is 93.9 Å². The van der Waals surface area contributed by atoms with Gasteiger partial charge >= 0.3 is 40.5 Å². The van der Waals surface area contributed by atoms with Crippen LogP contribution in [0.1, 0.15) is 73.7 Å². The van der Waals surface area contributed by atoms with Gasteiger partial charge in [-0.15, -0.1) is 0 Å². The van der Waals surface area contributed by atoms with Crippen LogP contribution in [0.5, 0.6) is 69.0 Å². The van der Waals surface area contributed by atoms with Crippen molar-refractivity contribution in [3.05, 3.63) is 309 Å². The molecule has 4 aliphatic heterocycles. The highest BCUT2D eigenvalue weighted by Gasteiger charge is 2.54. The maximum absolute atomic E-state index is 13.7. The smallest absolute Gasteiger partial charge is 0.306 e. The lowest BCUT2D eigenvalue weighted by Crippen LogP contribution is -2.41. The minimum atomic E-state index is -3.75. The average Bonchev–Trinajstić information content (AvgIpc) is 1.58. The second-order valence-electron chi connectivity index (χ2n) is 34.5. The SMILES string of the molecule is CC(=O)O.COc1cc(OS(C)(=O)=O)cc(-c2cccc(C3(c4ccc(OC)c(C)c4)N=C(N)N(C)C3=O)c2)c1.COc1cc(OS(C)(=O)=O)cc(-c2cccc(C3(c4ccc(OC)c(C)c4)N=C(N)N(C)C3=O)c2)c1.COc1cc(OS(C)(=O)=O)cc(-c2cccc(C3(c4ccc(OC)c(C)c4)N=C(N)N(C)C3=O)c2)c1.COc1cc(OS(C)(=O)=O)cc(-c2cccc(C3(c4ccc(OC)c(C)c4)N=C(N)N(C)C3=O)c2)c1. The van der Waals surface area contributed by atoms with Crippen molar-refractivity contribution in [3.8, 4) is 114 Å². The normalized spacial score (nSPS) is 17.3. The lowest BCUT2D eigenvalue weighted by Gasteiger charge is -2.27. The number of nitrogens with zero attached hydrogens (tertiary/aromatic N) is 8. The third-order valence-electron chi connectivity index (χ3n) is 24.1. The molecule has 0 spiro atoms. The van der Waals surface area contributed by atoms with Crippen molar-refractivity contribution in [2.24, 2.45) is 42.9 Å². The molecule has 4 atom stereocenters. The number of aryl methyl sites for hydroxylation is 4. The predicted molar refractivity (Wildman–Crippen MR) is 561 cm³/mol. The molecule has 0 saturated carbocycles. The molecule has 12 aromatic rings. The third kappa shape index (κ3) is 23.7. The molecule has 0 radical (unpaired) electrons. The molecule has 16 rings (SSSR count). The van der Waals surface area contributed by atoms with Gasteiger partial charge in [-0.25, -0.2) is 20.0 Å². The molecule has 9 N–H and O–H groups in total. The summed E-state index contributed by atoms with van der Waals surface area (Å²) in [6.07, 6.45) is 3.88. The number of carbonyl (C=O) groups excluding carboxylic acids is 4. The number of benzene rings is 12. The largest absolute Gasteiger partial charge is 0.497 e. The summed E-state index contributed by atoms with van der Waals surface area (Å²) in [5.41, 5.74) is 32.5. The first-order valence-corrected chi connectivity index (χ1v) is 52.0. The number of amides is 4. The number of carbonyl (C=O) groups is 5. The molecule has 0 fully saturated rings. The second kappa shape index (κ2) is 44.1. The maximum atomic E-state index is 13.7. The van der Waals surface area contributed by atoms with Gasteiger partial charge in [0.15, 0.2) is 46.0 Å². The van der Waals surface area contributed by atoms with Crippen LogP contribution in [0.15, 0.2) is 263 Å². The predicted octanol–water partition coefficient (Wildman–Crippen LogP) is 12.3. The van der Waals surface area contributed by atoms with E-state index in [9.17, 15) is 52.8 Å². The molecule has 42 heteroatoms. The van der Waals surface area contributed by atoms with Crippen LogP contribution in [0, 0.1) is 27.7 Å². The van der Waals surface area contributed by atoms with E-state index in [0.717, 1.165) is 54.2 Å². The van der Waals surface area contributed by atoms with Crippen LogP contribution in [0.2, 0.25) is 0 Å². The van der Waals surface area contributed by atoms with Gasteiger partial charge in [-0.1, -0.05) is 97.1 Å². The maximum Gasteiger partial charge on any atom is 0.306 e. The van der Waals surface area contributed by atoms with Crippen molar-refractivity contribution < 1.29 is 117 Å². The van der Waals surface area contributed by atoms with Gasteiger partial charge in [0.25, 0.3) is 29.6 Å². The summed E-state index contributed by atoms with van der Waals surface area (Å²) in [6, 6.07) is 70.2. The standard InChI is InChI=1S/4C26H27N3O6S.C2H4O2/c4*1-16-11-20(9-10-23(16)34-4)26(24(30)29(2)25(27)28-26)19-8-6-7-17(12-19)18-13-21(33-3)15-22(14-18)35-36(5,31)32;1-2(3)4/h4*6-15H,1-5H3,(H2,27,28);1H3,(H,3,4). The Labute approximate surface area is 858 Å². The molecule has 148 heavy (non-hydrogen) atoms. The van der Waals surface area contributed by atoms with Gasteiger partial charge in [-0.05, 0) is 260 Å². The highest BCUT2D eigenvalue weighted by atomic mass is 32.2. The number of carboxylic acid groups (broad SMARTS) is 1. The highest BCUT2D eigenvalue weighted by molar-refractivity contribution is 7.87. The van der Waals surface area contributed by atoms with Crippen LogP contribution in [0.4, 0.5) is 0 Å². The number of aliphatic imine (C=N–C) groups is 4. The minimum Gasteiger partial charge on any atom is -0.497 e. The van der Waals surface area contributed by atoms with E-state index < -0.39 is 68.6 Å². The summed E-state index contributed by atoms with van der Waals surface area (Å²) >= 11 is 0. The summed E-state index contributed by atoms with van der Waals surface area (Å²) in [7, 11) is 3.60. The number of hydrogen-bond donors (Lipinski definition) is 5. The number of ether oxygens (including phenoxy) is 8. The quantitative estimate of drug-likeness (QED) is 0.0284. The molecule has 4 heterocycles. The van der Waals surface area contributed by atoms with Gasteiger partial charge in [0.05, 0.1) is 81.9 Å². The first kappa shape index (κ1) is 110. The topological polar surface area (TPSA) is 519 Å². The van der Waals surface area contributed by atoms with Crippen LogP contribution in [0.25, 0.3) is 44.5 Å². The Kier molecular flexibility index (Phi) is 32.8. The highest BCUT2D eigenvalue weighted by Crippen LogP contribution is 2.49. The zero-order valence-electron chi connectivity index (χ0n) is 84.8. The Bertz CT molecular complexity index is 6960. The van der Waals surface area contributed by atoms with Crippen molar-refractivity contribution in [1.29, 1.82) is 0 Å². The van der Waals surface area contributed by atoms with Gasteiger partial charge in [0, 0.05) is 59.4 Å². The molecule has 0 aromatic heterocycles. The number of likely N-dealkylation sites (N-methyl/N-ethyl adjacent to an activating group) is 4. The molecule has 4 amide bonds. The zero-order chi connectivity index (χ0) is 109. The van der Waals surface area contributed by atoms with E-state index in [-0.39, 0.29) is 70.5 Å². The summed E-state index contributed by atoms with van der Waals surface area (Å²) in [5.74, 6) is 3.22. The van der Waals surface area contributed by atoms with Crippen LogP contribution in [0.3, 0.4) is 0 Å². The number of nitrogens with two attached hydrogens (primary N) is 4. The Morgan fingerprint density at radius 2 is 0.432 bits per heavy atom. The van der Waals surface area contributed by atoms with E-state index in [1.54, 1.807) is 178 Å². The van der Waals surface area contributed by atoms with E-state index in [2.05, 4.69) is 20.0 Å². The lowest BCUT2D eigenvalue weighted by atomic mass is 9.81. The Hall–Kier alpha value is -16.7. The first-order chi connectivity index (χ1) is 69.6. The summed E-state index contributed by atoms with van der Waals surface area (Å²) in [6.45, 7) is 8.65. The second-order valence-corrected chi connectivity index (χ2v) is 40.8. The van der Waals surface area contributed by atoms with Gasteiger partial charge < -0.3 is 82.7 Å². The van der Waals surface area contributed by atoms with E-state index in [0.29, 0.717) is 135 Å². The number of rotatable bonds is 28. The molecule has 4 aliphatic rings. The molecule has 4 unspecified atom stereocenters. The molecule has 0 bridgehead atoms. The van der Waals surface area contributed by atoms with E-state index in [1.165, 1.54) is 72.3 Å². The molecule has 38 nitrogen and oxygen atoms in total. The molecular weight excluding hydrogens is 1990 g/mol. The Morgan fingerprint density at radius 3 is 0.574 bits per heavy atom. The Morgan fingerprint density at radius 1 is 0.264 bits per heavy atom. The van der Waals surface area contributed by atoms with Gasteiger partial charge in [0.2, 0.25) is 0 Å². The van der Waals surface area contributed by atoms with Gasteiger partial charge in [-0.2, -0.15) is 33.7 Å². The van der Waals surface area contributed by atoms with Crippen molar-refractivity contribution in [3.63, 3.8) is 0 Å². The Balaban J connectivity index is 0.000000173. The van der Waals surface area contributed by atoms with Crippen LogP contribution in [-0.4, -0.2) is 222 Å². The van der Waals surface area contributed by atoms with E-state index in [1.807, 2.05) is 125 Å². The van der Waals surface area contributed by atoms with Crippen molar-refractivity contribution in [2.75, 3.05) is 110 Å². The third-order valence-corrected chi connectivity index (χ3v) is 26.1. The molecule has 0 aliphatic carbocycles. The molecular formula is C106H112N12O26S4. The molecule has 12 aromatic carbocycles. The van der Waals surface area contributed by atoms with E-state index >= 15 is 0 Å². The van der Waals surface area contributed by atoms with Gasteiger partial charge in [0.1, 0.15) is 69.0 Å². The average molecular weight is 2100 g/mol. The first-order valence-electron chi connectivity index (χ1n) is 44.8. The fraction of sp³-hybridized carbons (Fsp3) is 0.236. The van der Waals surface area contributed by atoms with Crippen LogP contribution in [-0.2, 0) is 86.6 Å². The minimum absolute atomic E-state index is 0.101. The number of methoxy groups -OCH3 is 8. The summed E-state index contributed by atoms with van der Waals surface area (Å²) in [5, 5.41) is 7.42.